The molecule has 2 aromatic carbocycles. The highest BCUT2D eigenvalue weighted by Gasteiger charge is 2.37. The number of aromatic nitrogens is 4. The third-order valence-electron chi connectivity index (χ3n) is 6.82. The van der Waals surface area contributed by atoms with E-state index in [-0.39, 0.29) is 36.6 Å². The predicted octanol–water partition coefficient (Wildman–Crippen LogP) is 7.40. The Bertz CT molecular complexity index is 1280. The van der Waals surface area contributed by atoms with E-state index in [9.17, 15) is 26.3 Å². The highest BCUT2D eigenvalue weighted by atomic mass is 19.4. The Balaban J connectivity index is 1.77. The van der Waals surface area contributed by atoms with E-state index in [0.717, 1.165) is 53.7 Å². The zero-order valence-electron chi connectivity index (χ0n) is 21.7. The van der Waals surface area contributed by atoms with Crippen LogP contribution in [-0.2, 0) is 18.9 Å². The van der Waals surface area contributed by atoms with Crippen molar-refractivity contribution < 1.29 is 31.1 Å². The number of aromatic amines is 1. The molecule has 0 atom stereocenters. The van der Waals surface area contributed by atoms with Gasteiger partial charge in [0.25, 0.3) is 5.95 Å². The fourth-order valence-corrected chi connectivity index (χ4v) is 4.84. The number of alkyl halides is 6. The van der Waals surface area contributed by atoms with Gasteiger partial charge in [0, 0.05) is 18.7 Å². The molecule has 1 heterocycles. The molecule has 0 saturated heterocycles. The van der Waals surface area contributed by atoms with E-state index in [4.69, 9.17) is 4.74 Å². The number of H-pyrrole nitrogens is 1. The number of allylic oxidation sites excluding steroid dienone is 1. The van der Waals surface area contributed by atoms with Crippen molar-refractivity contribution in [3.8, 4) is 5.75 Å². The van der Waals surface area contributed by atoms with Crippen LogP contribution in [-0.4, -0.2) is 34.3 Å². The first kappa shape index (κ1) is 28.4. The summed E-state index contributed by atoms with van der Waals surface area (Å²) >= 11 is 0. The highest BCUT2D eigenvalue weighted by Crippen LogP contribution is 2.40. The molecular formula is C27H29F6N5O. The molecule has 39 heavy (non-hydrogen) atoms. The molecule has 0 amide bonds. The van der Waals surface area contributed by atoms with Gasteiger partial charge in [-0.15, -0.1) is 5.10 Å². The Morgan fingerprint density at radius 1 is 0.923 bits per heavy atom. The number of nitrogens with one attached hydrogen (secondary N) is 1. The monoisotopic (exact) mass is 553 g/mol. The van der Waals surface area contributed by atoms with Crippen LogP contribution in [0.2, 0.25) is 0 Å². The van der Waals surface area contributed by atoms with Crippen LogP contribution in [0.15, 0.2) is 42.0 Å². The lowest BCUT2D eigenvalue weighted by Crippen LogP contribution is -2.28. The van der Waals surface area contributed by atoms with Gasteiger partial charge in [-0.05, 0) is 89.4 Å². The van der Waals surface area contributed by atoms with Crippen molar-refractivity contribution in [3.05, 3.63) is 69.8 Å². The molecule has 0 radical (unpaired) electrons. The van der Waals surface area contributed by atoms with Gasteiger partial charge in [-0.2, -0.15) is 31.6 Å². The summed E-state index contributed by atoms with van der Waals surface area (Å²) in [5.74, 6) is 1.05. The molecule has 0 fully saturated rings. The summed E-state index contributed by atoms with van der Waals surface area (Å²) in [6, 6.07) is 7.60. The molecule has 4 rings (SSSR count). The topological polar surface area (TPSA) is 66.9 Å². The van der Waals surface area contributed by atoms with Gasteiger partial charge < -0.3 is 9.64 Å². The molecule has 6 nitrogen and oxygen atoms in total. The molecular weight excluding hydrogens is 524 g/mol. The second-order valence-electron chi connectivity index (χ2n) is 9.89. The first-order chi connectivity index (χ1) is 18.4. The molecule has 1 aliphatic rings. The molecule has 3 aromatic rings. The Hall–Kier alpha value is -3.57. The Morgan fingerprint density at radius 2 is 1.59 bits per heavy atom. The Labute approximate surface area is 222 Å². The first-order valence-corrected chi connectivity index (χ1v) is 12.5. The molecule has 0 spiro atoms. The van der Waals surface area contributed by atoms with Gasteiger partial charge in [-0.3, -0.25) is 0 Å². The van der Waals surface area contributed by atoms with E-state index in [1.165, 1.54) is 0 Å². The van der Waals surface area contributed by atoms with Gasteiger partial charge in [-0.1, -0.05) is 25.0 Å². The quantitative estimate of drug-likeness (QED) is 0.295. The summed E-state index contributed by atoms with van der Waals surface area (Å²) in [6.07, 6.45) is -6.58. The highest BCUT2D eigenvalue weighted by molar-refractivity contribution is 5.75. The normalized spacial score (nSPS) is 14.7. The zero-order chi connectivity index (χ0) is 28.4. The van der Waals surface area contributed by atoms with E-state index in [1.54, 1.807) is 12.0 Å². The summed E-state index contributed by atoms with van der Waals surface area (Å²) in [6.45, 7) is 4.09. The average Bonchev–Trinajstić information content (AvgIpc) is 3.42. The van der Waals surface area contributed by atoms with Crippen LogP contribution < -0.4 is 9.64 Å². The maximum Gasteiger partial charge on any atom is 0.416 e. The molecule has 1 aromatic heterocycles. The van der Waals surface area contributed by atoms with Crippen molar-refractivity contribution in [2.75, 3.05) is 18.6 Å². The van der Waals surface area contributed by atoms with Gasteiger partial charge in [0.1, 0.15) is 5.75 Å². The smallest absolute Gasteiger partial charge is 0.416 e. The molecule has 0 saturated carbocycles. The largest absolute Gasteiger partial charge is 0.496 e. The van der Waals surface area contributed by atoms with Gasteiger partial charge in [0.15, 0.2) is 0 Å². The maximum atomic E-state index is 13.5. The van der Waals surface area contributed by atoms with Gasteiger partial charge >= 0.3 is 12.4 Å². The van der Waals surface area contributed by atoms with Crippen LogP contribution in [0, 0.1) is 0 Å². The number of hydrogen-bond acceptors (Lipinski definition) is 5. The summed E-state index contributed by atoms with van der Waals surface area (Å²) in [5.41, 5.74) is 1.20. The number of hydrogen-bond donors (Lipinski definition) is 1. The molecule has 0 aliphatic heterocycles. The number of halogens is 6. The molecule has 1 aliphatic carbocycles. The van der Waals surface area contributed by atoms with Crippen LogP contribution in [0.4, 0.5) is 32.3 Å². The molecule has 210 valence electrons. The van der Waals surface area contributed by atoms with Crippen molar-refractivity contribution >= 4 is 11.5 Å². The molecule has 0 unspecified atom stereocenters. The molecule has 0 bridgehead atoms. The number of methoxy groups -OCH3 is 1. The van der Waals surface area contributed by atoms with E-state index >= 15 is 0 Å². The minimum atomic E-state index is -4.94. The zero-order valence-corrected chi connectivity index (χ0v) is 21.7. The minimum Gasteiger partial charge on any atom is -0.496 e. The van der Waals surface area contributed by atoms with E-state index in [1.807, 2.05) is 12.1 Å². The molecule has 1 N–H and O–H groups in total. The van der Waals surface area contributed by atoms with E-state index in [0.29, 0.717) is 12.2 Å². The third-order valence-corrected chi connectivity index (χ3v) is 6.82. The standard InChI is InChI=1S/C27H29F6N5O/c1-16(2)18-8-9-24(39-3)23(12-18)22-7-5-4-6-19(22)15-38(25-34-36-37-35-25)14-17-10-20(26(28,29)30)13-21(11-17)27(31,32)33/h8-13,16H,4-7,14-15H2,1-3H3,(H,34,35,36,37). The van der Waals surface area contributed by atoms with Crippen LogP contribution >= 0.6 is 0 Å². The van der Waals surface area contributed by atoms with E-state index in [2.05, 4.69) is 40.5 Å². The van der Waals surface area contributed by atoms with Gasteiger partial charge in [0.2, 0.25) is 0 Å². The summed E-state index contributed by atoms with van der Waals surface area (Å²) in [4.78, 5) is 1.54. The third kappa shape index (κ3) is 6.72. The Kier molecular flexibility index (Phi) is 8.22. The number of anilines is 1. The van der Waals surface area contributed by atoms with Crippen molar-refractivity contribution in [2.24, 2.45) is 0 Å². The summed E-state index contributed by atoms with van der Waals surface area (Å²) in [7, 11) is 1.59. The van der Waals surface area contributed by atoms with Crippen LogP contribution in [0.1, 0.15) is 73.3 Å². The summed E-state index contributed by atoms with van der Waals surface area (Å²) < 4.78 is 86.5. The lowest BCUT2D eigenvalue weighted by molar-refractivity contribution is -0.143. The lowest BCUT2D eigenvalue weighted by atomic mass is 9.85. The van der Waals surface area contributed by atoms with Crippen molar-refractivity contribution in [3.63, 3.8) is 0 Å². The summed E-state index contributed by atoms with van der Waals surface area (Å²) in [5, 5.41) is 13.8. The van der Waals surface area contributed by atoms with Gasteiger partial charge in [-0.25, -0.2) is 0 Å². The lowest BCUT2D eigenvalue weighted by Gasteiger charge is -2.28. The predicted molar refractivity (Wildman–Crippen MR) is 134 cm³/mol. The van der Waals surface area contributed by atoms with Crippen molar-refractivity contribution in [1.82, 2.24) is 20.6 Å². The van der Waals surface area contributed by atoms with Crippen molar-refractivity contribution in [2.45, 2.75) is 64.3 Å². The fourth-order valence-electron chi connectivity index (χ4n) is 4.84. The van der Waals surface area contributed by atoms with Crippen LogP contribution in [0.5, 0.6) is 5.75 Å². The number of benzene rings is 2. The second kappa shape index (κ2) is 11.3. The minimum absolute atomic E-state index is 0.0706. The fraction of sp³-hybridized carbons (Fsp3) is 0.444. The van der Waals surface area contributed by atoms with Crippen LogP contribution in [0.3, 0.4) is 0 Å². The SMILES string of the molecule is COc1ccc(C(C)C)cc1C1=C(CN(Cc2cc(C(F)(F)F)cc(C(F)(F)F)c2)c2nn[nH]n2)CCCC1. The number of tetrazole rings is 1. The Morgan fingerprint density at radius 3 is 2.15 bits per heavy atom. The van der Waals surface area contributed by atoms with Crippen molar-refractivity contribution in [1.29, 1.82) is 0 Å². The number of nitrogens with zero attached hydrogens (tertiary/aromatic N) is 4. The molecule has 12 heteroatoms. The number of rotatable bonds is 8. The van der Waals surface area contributed by atoms with Crippen LogP contribution in [0.25, 0.3) is 5.57 Å². The van der Waals surface area contributed by atoms with Gasteiger partial charge in [0.05, 0.1) is 18.2 Å². The second-order valence-corrected chi connectivity index (χ2v) is 9.89. The first-order valence-electron chi connectivity index (χ1n) is 12.5. The maximum absolute atomic E-state index is 13.5. The van der Waals surface area contributed by atoms with E-state index < -0.39 is 23.5 Å². The average molecular weight is 554 g/mol. The number of ether oxygens (including phenoxy) is 1.